The van der Waals surface area contributed by atoms with Gasteiger partial charge >= 0.3 is 10.2 Å². The highest BCUT2D eigenvalue weighted by Crippen LogP contribution is 2.44. The standard InChI is InChI=1S/C24H32FN3O4S/c1-17(2)32-23-12-19(8-9-22(23)29)15-27-11-10-24(14-18(27)3)16-26(4)33(30,31)28(24)21-7-5-6-20(25)13-21/h5-9,12-13,17-18,29H,10-11,14-16H2,1-4H3. The molecule has 0 amide bonds. The van der Waals surface area contributed by atoms with Crippen molar-refractivity contribution in [3.63, 3.8) is 0 Å². The van der Waals surface area contributed by atoms with E-state index in [0.717, 1.165) is 5.56 Å². The second kappa shape index (κ2) is 8.77. The zero-order valence-corrected chi connectivity index (χ0v) is 20.3. The van der Waals surface area contributed by atoms with Crippen LogP contribution in [0.2, 0.25) is 0 Å². The maximum absolute atomic E-state index is 14.0. The number of aromatic hydroxyl groups is 1. The van der Waals surface area contributed by atoms with Crippen molar-refractivity contribution >= 4 is 15.9 Å². The molecule has 2 fully saturated rings. The Morgan fingerprint density at radius 2 is 2.00 bits per heavy atom. The van der Waals surface area contributed by atoms with Crippen molar-refractivity contribution in [3.8, 4) is 11.5 Å². The van der Waals surface area contributed by atoms with Crippen molar-refractivity contribution in [1.29, 1.82) is 0 Å². The first kappa shape index (κ1) is 23.8. The largest absolute Gasteiger partial charge is 0.504 e. The molecule has 0 aromatic heterocycles. The van der Waals surface area contributed by atoms with Crippen LogP contribution in [0, 0.1) is 5.82 Å². The molecule has 4 rings (SSSR count). The van der Waals surface area contributed by atoms with E-state index in [0.29, 0.717) is 43.9 Å². The fourth-order valence-corrected chi connectivity index (χ4v) is 6.88. The summed E-state index contributed by atoms with van der Waals surface area (Å²) in [7, 11) is -2.14. The van der Waals surface area contributed by atoms with Gasteiger partial charge in [0, 0.05) is 32.7 Å². The van der Waals surface area contributed by atoms with Crippen molar-refractivity contribution in [2.75, 3.05) is 24.4 Å². The minimum atomic E-state index is -3.73. The van der Waals surface area contributed by atoms with E-state index < -0.39 is 21.6 Å². The number of halogens is 1. The second-order valence-corrected chi connectivity index (χ2v) is 11.4. The molecule has 1 N–H and O–H groups in total. The van der Waals surface area contributed by atoms with Gasteiger partial charge in [0.15, 0.2) is 11.5 Å². The van der Waals surface area contributed by atoms with Gasteiger partial charge in [-0.3, -0.25) is 9.21 Å². The van der Waals surface area contributed by atoms with E-state index in [4.69, 9.17) is 4.74 Å². The quantitative estimate of drug-likeness (QED) is 0.710. The number of nitrogens with zero attached hydrogens (tertiary/aromatic N) is 3. The van der Waals surface area contributed by atoms with Gasteiger partial charge < -0.3 is 9.84 Å². The lowest BCUT2D eigenvalue weighted by molar-refractivity contribution is 0.100. The Bertz CT molecular complexity index is 1130. The van der Waals surface area contributed by atoms with Gasteiger partial charge in [0.05, 0.1) is 17.3 Å². The van der Waals surface area contributed by atoms with Crippen LogP contribution >= 0.6 is 0 Å². The van der Waals surface area contributed by atoms with Crippen LogP contribution in [-0.2, 0) is 16.8 Å². The van der Waals surface area contributed by atoms with Crippen LogP contribution in [0.3, 0.4) is 0 Å². The van der Waals surface area contributed by atoms with Crippen LogP contribution < -0.4 is 9.04 Å². The van der Waals surface area contributed by atoms with E-state index >= 15 is 0 Å². The van der Waals surface area contributed by atoms with Crippen molar-refractivity contribution in [2.45, 2.75) is 57.8 Å². The van der Waals surface area contributed by atoms with E-state index in [2.05, 4.69) is 11.8 Å². The summed E-state index contributed by atoms with van der Waals surface area (Å²) in [5.41, 5.74) is 0.761. The van der Waals surface area contributed by atoms with Crippen LogP contribution in [0.5, 0.6) is 11.5 Å². The predicted molar refractivity (Wildman–Crippen MR) is 126 cm³/mol. The number of piperidine rings is 1. The van der Waals surface area contributed by atoms with Gasteiger partial charge in [0.2, 0.25) is 0 Å². The molecule has 2 saturated heterocycles. The molecule has 1 spiro atoms. The highest BCUT2D eigenvalue weighted by molar-refractivity contribution is 7.90. The van der Waals surface area contributed by atoms with E-state index in [1.807, 2.05) is 26.0 Å². The molecule has 2 aliphatic rings. The first-order valence-corrected chi connectivity index (χ1v) is 12.7. The maximum atomic E-state index is 14.0. The molecular formula is C24H32FN3O4S. The number of hydrogen-bond donors (Lipinski definition) is 1. The Morgan fingerprint density at radius 1 is 1.24 bits per heavy atom. The lowest BCUT2D eigenvalue weighted by Crippen LogP contribution is -2.57. The van der Waals surface area contributed by atoms with Gasteiger partial charge in [-0.25, -0.2) is 4.39 Å². The van der Waals surface area contributed by atoms with Gasteiger partial charge in [-0.15, -0.1) is 0 Å². The topological polar surface area (TPSA) is 73.3 Å². The Labute approximate surface area is 195 Å². The molecular weight excluding hydrogens is 445 g/mol. The number of benzene rings is 2. The molecule has 0 bridgehead atoms. The van der Waals surface area contributed by atoms with Crippen molar-refractivity contribution in [2.24, 2.45) is 0 Å². The molecule has 2 aromatic rings. The smallest absolute Gasteiger partial charge is 0.304 e. The average molecular weight is 478 g/mol. The Balaban J connectivity index is 1.57. The molecule has 7 nitrogen and oxygen atoms in total. The maximum Gasteiger partial charge on any atom is 0.304 e. The number of anilines is 1. The van der Waals surface area contributed by atoms with Crippen LogP contribution in [0.1, 0.15) is 39.2 Å². The number of likely N-dealkylation sites (tertiary alicyclic amines) is 1. The van der Waals surface area contributed by atoms with E-state index in [1.54, 1.807) is 25.2 Å². The number of likely N-dealkylation sites (N-methyl/N-ethyl adjacent to an activating group) is 1. The third-order valence-electron chi connectivity index (χ3n) is 6.55. The Kier molecular flexibility index (Phi) is 6.32. The van der Waals surface area contributed by atoms with E-state index in [-0.39, 0.29) is 17.9 Å². The molecule has 180 valence electrons. The van der Waals surface area contributed by atoms with Crippen LogP contribution in [0.15, 0.2) is 42.5 Å². The number of phenols is 1. The summed E-state index contributed by atoms with van der Waals surface area (Å²) in [6, 6.07) is 11.3. The van der Waals surface area contributed by atoms with Gasteiger partial charge in [0.25, 0.3) is 0 Å². The molecule has 33 heavy (non-hydrogen) atoms. The second-order valence-electron chi connectivity index (χ2n) is 9.47. The van der Waals surface area contributed by atoms with Crippen molar-refractivity contribution in [1.82, 2.24) is 9.21 Å². The minimum absolute atomic E-state index is 0.0463. The Morgan fingerprint density at radius 3 is 2.67 bits per heavy atom. The highest BCUT2D eigenvalue weighted by Gasteiger charge is 2.55. The van der Waals surface area contributed by atoms with Gasteiger partial charge in [0.1, 0.15) is 5.82 Å². The fourth-order valence-electron chi connectivity index (χ4n) is 5.11. The number of ether oxygens (including phenoxy) is 1. The molecule has 9 heteroatoms. The monoisotopic (exact) mass is 477 g/mol. The van der Waals surface area contributed by atoms with Crippen molar-refractivity contribution in [3.05, 3.63) is 53.8 Å². The minimum Gasteiger partial charge on any atom is -0.504 e. The zero-order valence-electron chi connectivity index (χ0n) is 19.5. The van der Waals surface area contributed by atoms with Gasteiger partial charge in [-0.1, -0.05) is 12.1 Å². The fraction of sp³-hybridized carbons (Fsp3) is 0.500. The van der Waals surface area contributed by atoms with Gasteiger partial charge in [-0.2, -0.15) is 12.7 Å². The summed E-state index contributed by atoms with van der Waals surface area (Å²) in [4.78, 5) is 2.31. The number of hydrogen-bond acceptors (Lipinski definition) is 5. The van der Waals surface area contributed by atoms with E-state index in [9.17, 15) is 17.9 Å². The first-order valence-electron chi connectivity index (χ1n) is 11.3. The van der Waals surface area contributed by atoms with Crippen LogP contribution in [0.25, 0.3) is 0 Å². The molecule has 0 saturated carbocycles. The summed E-state index contributed by atoms with van der Waals surface area (Å²) in [5.74, 6) is 0.122. The molecule has 2 aliphatic heterocycles. The zero-order chi connectivity index (χ0) is 24.0. The lowest BCUT2D eigenvalue weighted by atomic mass is 9.82. The summed E-state index contributed by atoms with van der Waals surface area (Å²) < 4.78 is 48.9. The third-order valence-corrected chi connectivity index (χ3v) is 8.53. The normalized spacial score (nSPS) is 25.8. The molecule has 2 aromatic carbocycles. The first-order chi connectivity index (χ1) is 15.5. The van der Waals surface area contributed by atoms with Crippen LogP contribution in [-0.4, -0.2) is 60.6 Å². The summed E-state index contributed by atoms with van der Waals surface area (Å²) in [6.45, 7) is 7.65. The summed E-state index contributed by atoms with van der Waals surface area (Å²) in [5, 5.41) is 10.1. The SMILES string of the molecule is CC(C)Oc1cc(CN2CCC3(CC2C)CN(C)S(=O)(=O)N3c2cccc(F)c2)ccc1O. The lowest BCUT2D eigenvalue weighted by Gasteiger charge is -2.47. The number of phenolic OH excluding ortho intramolecular Hbond substituents is 1. The van der Waals surface area contributed by atoms with Gasteiger partial charge in [-0.05, 0) is 69.5 Å². The third kappa shape index (κ3) is 4.54. The highest BCUT2D eigenvalue weighted by atomic mass is 32.2. The molecule has 2 unspecified atom stereocenters. The van der Waals surface area contributed by atoms with Crippen molar-refractivity contribution < 1.29 is 22.7 Å². The predicted octanol–water partition coefficient (Wildman–Crippen LogP) is 3.74. The number of rotatable bonds is 5. The average Bonchev–Trinajstić information content (AvgIpc) is 2.91. The molecule has 0 aliphatic carbocycles. The molecule has 2 heterocycles. The Hall–Kier alpha value is -2.36. The molecule has 0 radical (unpaired) electrons. The van der Waals surface area contributed by atoms with Crippen LogP contribution in [0.4, 0.5) is 10.1 Å². The summed E-state index contributed by atoms with van der Waals surface area (Å²) in [6.07, 6.45) is 1.21. The summed E-state index contributed by atoms with van der Waals surface area (Å²) >= 11 is 0. The van der Waals surface area contributed by atoms with E-state index in [1.165, 1.54) is 20.7 Å². The molecule has 2 atom stereocenters.